The second-order valence-electron chi connectivity index (χ2n) is 4.13. The molecule has 0 aliphatic carbocycles. The van der Waals surface area contributed by atoms with Crippen molar-refractivity contribution >= 4 is 38.8 Å². The van der Waals surface area contributed by atoms with Crippen LogP contribution in [-0.4, -0.2) is 5.78 Å². The Morgan fingerprint density at radius 2 is 1.95 bits per heavy atom. The summed E-state index contributed by atoms with van der Waals surface area (Å²) in [6, 6.07) is 13.1. The van der Waals surface area contributed by atoms with Gasteiger partial charge in [-0.15, -0.1) is 11.3 Å². The third-order valence-corrected chi connectivity index (χ3v) is 4.12. The summed E-state index contributed by atoms with van der Waals surface area (Å²) in [6.07, 6.45) is 0. The zero-order valence-corrected chi connectivity index (χ0v) is 11.3. The molecule has 0 bridgehead atoms. The average molecular weight is 291 g/mol. The van der Waals surface area contributed by atoms with Crippen molar-refractivity contribution in [3.05, 3.63) is 69.8 Å². The molecule has 3 aromatic rings. The molecule has 0 atom stereocenters. The molecule has 0 spiro atoms. The molecule has 1 heterocycles. The van der Waals surface area contributed by atoms with Gasteiger partial charge in [0.25, 0.3) is 0 Å². The fourth-order valence-electron chi connectivity index (χ4n) is 1.89. The van der Waals surface area contributed by atoms with Gasteiger partial charge in [-0.2, -0.15) is 0 Å². The topological polar surface area (TPSA) is 17.1 Å². The third-order valence-electron chi connectivity index (χ3n) is 2.79. The van der Waals surface area contributed by atoms with Crippen LogP contribution in [-0.2, 0) is 0 Å². The normalized spacial score (nSPS) is 10.8. The summed E-state index contributed by atoms with van der Waals surface area (Å²) in [6.45, 7) is 0. The summed E-state index contributed by atoms with van der Waals surface area (Å²) in [7, 11) is 0. The number of hydrogen-bond donors (Lipinski definition) is 0. The van der Waals surface area contributed by atoms with Gasteiger partial charge in [-0.25, -0.2) is 4.39 Å². The van der Waals surface area contributed by atoms with Crippen molar-refractivity contribution in [2.24, 2.45) is 0 Å². The minimum Gasteiger partial charge on any atom is -0.288 e. The quantitative estimate of drug-likeness (QED) is 0.612. The predicted molar refractivity (Wildman–Crippen MR) is 76.7 cm³/mol. The van der Waals surface area contributed by atoms with Crippen molar-refractivity contribution in [2.75, 3.05) is 0 Å². The van der Waals surface area contributed by atoms with Crippen LogP contribution in [0, 0.1) is 5.82 Å². The van der Waals surface area contributed by atoms with E-state index in [1.165, 1.54) is 23.5 Å². The van der Waals surface area contributed by atoms with Gasteiger partial charge < -0.3 is 0 Å². The molecule has 1 nitrogen and oxygen atoms in total. The Hall–Kier alpha value is -1.71. The first-order valence-corrected chi connectivity index (χ1v) is 6.82. The summed E-state index contributed by atoms with van der Waals surface area (Å²) < 4.78 is 13.9. The van der Waals surface area contributed by atoms with Gasteiger partial charge in [-0.05, 0) is 35.7 Å². The molecule has 0 aliphatic rings. The number of rotatable bonds is 2. The van der Waals surface area contributed by atoms with E-state index < -0.39 is 0 Å². The van der Waals surface area contributed by atoms with E-state index in [9.17, 15) is 9.18 Å². The maximum Gasteiger partial charge on any atom is 0.203 e. The predicted octanol–water partition coefficient (Wildman–Crippen LogP) is 4.92. The van der Waals surface area contributed by atoms with Crippen molar-refractivity contribution in [3.8, 4) is 0 Å². The fraction of sp³-hybridized carbons (Fsp3) is 0. The van der Waals surface area contributed by atoms with E-state index in [0.29, 0.717) is 15.5 Å². The molecule has 0 amide bonds. The summed E-state index contributed by atoms with van der Waals surface area (Å²) >= 11 is 7.17. The lowest BCUT2D eigenvalue weighted by Gasteiger charge is -1.97. The molecule has 0 radical (unpaired) electrons. The van der Waals surface area contributed by atoms with Crippen molar-refractivity contribution in [1.29, 1.82) is 0 Å². The molecule has 0 N–H and O–H groups in total. The molecule has 0 saturated carbocycles. The lowest BCUT2D eigenvalue weighted by Crippen LogP contribution is -1.97. The molecule has 1 aromatic heterocycles. The van der Waals surface area contributed by atoms with Crippen LogP contribution in [0.4, 0.5) is 4.39 Å². The van der Waals surface area contributed by atoms with Crippen molar-refractivity contribution in [1.82, 2.24) is 0 Å². The highest BCUT2D eigenvalue weighted by molar-refractivity contribution is 7.21. The zero-order valence-electron chi connectivity index (χ0n) is 9.69. The van der Waals surface area contributed by atoms with Crippen molar-refractivity contribution < 1.29 is 9.18 Å². The number of carbonyl (C=O) groups excluding carboxylic acids is 1. The van der Waals surface area contributed by atoms with Crippen molar-refractivity contribution in [2.45, 2.75) is 0 Å². The maximum absolute atomic E-state index is 13.1. The summed E-state index contributed by atoms with van der Waals surface area (Å²) in [5.74, 6) is -0.389. The van der Waals surface area contributed by atoms with Crippen LogP contribution >= 0.6 is 22.9 Å². The monoisotopic (exact) mass is 290 g/mol. The smallest absolute Gasteiger partial charge is 0.203 e. The molecule has 94 valence electrons. The Balaban J connectivity index is 2.06. The molecule has 0 unspecified atom stereocenters. The number of carbonyl (C=O) groups is 1. The number of fused-ring (bicyclic) bond motifs is 1. The minimum atomic E-state index is -0.295. The molecule has 2 aromatic carbocycles. The van der Waals surface area contributed by atoms with Gasteiger partial charge in [0, 0.05) is 15.3 Å². The van der Waals surface area contributed by atoms with Crippen LogP contribution in [0.1, 0.15) is 15.2 Å². The summed E-state index contributed by atoms with van der Waals surface area (Å²) in [5, 5.41) is 1.40. The summed E-state index contributed by atoms with van der Waals surface area (Å²) in [4.78, 5) is 12.9. The fourth-order valence-corrected chi connectivity index (χ4v) is 3.13. The van der Waals surface area contributed by atoms with E-state index in [-0.39, 0.29) is 11.6 Å². The number of ketones is 1. The van der Waals surface area contributed by atoms with Gasteiger partial charge >= 0.3 is 0 Å². The highest BCUT2D eigenvalue weighted by Crippen LogP contribution is 2.28. The largest absolute Gasteiger partial charge is 0.288 e. The van der Waals surface area contributed by atoms with Crippen LogP contribution < -0.4 is 0 Å². The van der Waals surface area contributed by atoms with E-state index in [1.54, 1.807) is 36.4 Å². The van der Waals surface area contributed by atoms with Gasteiger partial charge in [0.05, 0.1) is 4.88 Å². The van der Waals surface area contributed by atoms with Gasteiger partial charge in [0.15, 0.2) is 0 Å². The Labute approximate surface area is 118 Å². The van der Waals surface area contributed by atoms with Gasteiger partial charge in [0.2, 0.25) is 5.78 Å². The second kappa shape index (κ2) is 4.76. The maximum atomic E-state index is 13.1. The Kier molecular flexibility index (Phi) is 3.09. The SMILES string of the molecule is O=C(c1cccc(Cl)c1)c1cc2ccc(F)cc2s1. The van der Waals surface area contributed by atoms with Crippen LogP contribution in [0.15, 0.2) is 48.5 Å². The average Bonchev–Trinajstić information content (AvgIpc) is 2.80. The molecular formula is C15H8ClFOS. The van der Waals surface area contributed by atoms with Crippen LogP contribution in [0.25, 0.3) is 10.1 Å². The number of hydrogen-bond acceptors (Lipinski definition) is 2. The summed E-state index contributed by atoms with van der Waals surface area (Å²) in [5.41, 5.74) is 0.541. The van der Waals surface area contributed by atoms with Crippen LogP contribution in [0.3, 0.4) is 0 Å². The van der Waals surface area contributed by atoms with Crippen molar-refractivity contribution in [3.63, 3.8) is 0 Å². The zero-order chi connectivity index (χ0) is 13.4. The Bertz CT molecular complexity index is 779. The van der Waals surface area contributed by atoms with E-state index in [2.05, 4.69) is 0 Å². The standard InChI is InChI=1S/C15H8ClFOS/c16-11-3-1-2-10(6-11)15(18)14-7-9-4-5-12(17)8-13(9)19-14/h1-8H. The Morgan fingerprint density at radius 3 is 2.74 bits per heavy atom. The molecule has 0 aliphatic heterocycles. The molecule has 19 heavy (non-hydrogen) atoms. The first-order valence-electron chi connectivity index (χ1n) is 5.63. The number of halogens is 2. The highest BCUT2D eigenvalue weighted by Gasteiger charge is 2.13. The molecule has 4 heteroatoms. The molecular weight excluding hydrogens is 283 g/mol. The van der Waals surface area contributed by atoms with Gasteiger partial charge in [0.1, 0.15) is 5.82 Å². The lowest BCUT2D eigenvalue weighted by atomic mass is 10.1. The number of benzene rings is 2. The first-order chi connectivity index (χ1) is 9.13. The minimum absolute atomic E-state index is 0.0934. The lowest BCUT2D eigenvalue weighted by molar-refractivity contribution is 0.104. The van der Waals surface area contributed by atoms with E-state index in [4.69, 9.17) is 11.6 Å². The van der Waals surface area contributed by atoms with Crippen LogP contribution in [0.2, 0.25) is 5.02 Å². The molecule has 0 saturated heterocycles. The molecule has 0 fully saturated rings. The molecule has 3 rings (SSSR count). The van der Waals surface area contributed by atoms with Gasteiger partial charge in [-0.1, -0.05) is 29.8 Å². The van der Waals surface area contributed by atoms with Gasteiger partial charge in [-0.3, -0.25) is 4.79 Å². The number of thiophene rings is 1. The van der Waals surface area contributed by atoms with E-state index >= 15 is 0 Å². The third kappa shape index (κ3) is 2.39. The Morgan fingerprint density at radius 1 is 1.11 bits per heavy atom. The highest BCUT2D eigenvalue weighted by atomic mass is 35.5. The first kappa shape index (κ1) is 12.3. The van der Waals surface area contributed by atoms with Crippen LogP contribution in [0.5, 0.6) is 0 Å². The second-order valence-corrected chi connectivity index (χ2v) is 5.65. The van der Waals surface area contributed by atoms with E-state index in [1.807, 2.05) is 0 Å². The van der Waals surface area contributed by atoms with E-state index in [0.717, 1.165) is 10.1 Å².